The van der Waals surface area contributed by atoms with Gasteiger partial charge in [0.15, 0.2) is 5.76 Å². The van der Waals surface area contributed by atoms with Crippen molar-refractivity contribution in [2.24, 2.45) is 0 Å². The molecule has 0 saturated heterocycles. The Hall–Kier alpha value is -1.82. The molecule has 0 radical (unpaired) electrons. The van der Waals surface area contributed by atoms with Gasteiger partial charge < -0.3 is 14.8 Å². The summed E-state index contributed by atoms with van der Waals surface area (Å²) < 4.78 is 5.41. The average molecular weight is 268 g/mol. The van der Waals surface area contributed by atoms with E-state index in [-0.39, 0.29) is 5.76 Å². The summed E-state index contributed by atoms with van der Waals surface area (Å²) >= 11 is 0. The molecule has 0 saturated carbocycles. The van der Waals surface area contributed by atoms with Gasteiger partial charge in [-0.05, 0) is 32.1 Å². The van der Waals surface area contributed by atoms with E-state index in [2.05, 4.69) is 24.1 Å². The van der Waals surface area contributed by atoms with Crippen LogP contribution in [0.3, 0.4) is 0 Å². The van der Waals surface area contributed by atoms with Crippen LogP contribution < -0.4 is 5.32 Å². The van der Waals surface area contributed by atoms with Crippen LogP contribution in [0.4, 0.5) is 0 Å². The van der Waals surface area contributed by atoms with E-state index in [1.807, 2.05) is 0 Å². The van der Waals surface area contributed by atoms with Gasteiger partial charge in [0.2, 0.25) is 0 Å². The minimum absolute atomic E-state index is 0.134. The smallest absolute Gasteiger partial charge is 0.325 e. The van der Waals surface area contributed by atoms with Crippen molar-refractivity contribution in [3.8, 4) is 0 Å². The molecule has 0 unspecified atom stereocenters. The monoisotopic (exact) mass is 268 g/mol. The molecule has 19 heavy (non-hydrogen) atoms. The second-order valence-corrected chi connectivity index (χ2v) is 4.26. The molecule has 2 N–H and O–H groups in total. The van der Waals surface area contributed by atoms with E-state index in [9.17, 15) is 9.59 Å². The lowest BCUT2D eigenvalue weighted by Gasteiger charge is -2.15. The number of rotatable bonds is 7. The lowest BCUT2D eigenvalue weighted by molar-refractivity contribution is -0.138. The van der Waals surface area contributed by atoms with Gasteiger partial charge in [0.25, 0.3) is 5.91 Å². The summed E-state index contributed by atoms with van der Waals surface area (Å²) in [6, 6.07) is 2.35. The maximum absolute atomic E-state index is 11.7. The third-order valence-corrected chi connectivity index (χ3v) is 2.88. The molecule has 0 spiro atoms. The Morgan fingerprint density at radius 3 is 2.53 bits per heavy atom. The van der Waals surface area contributed by atoms with Crippen molar-refractivity contribution in [2.75, 3.05) is 13.1 Å². The largest absolute Gasteiger partial charge is 0.480 e. The third-order valence-electron chi connectivity index (χ3n) is 2.88. The SMILES string of the molecule is CCN(CC)Cc1ccc(C(=O)N[C@@H](C)C(=O)O)o1. The first-order valence-corrected chi connectivity index (χ1v) is 6.32. The first-order chi connectivity index (χ1) is 8.97. The molecule has 1 atom stereocenters. The number of carboxylic acids is 1. The Bertz CT molecular complexity index is 438. The molecule has 1 rings (SSSR count). The van der Waals surface area contributed by atoms with Crippen LogP contribution >= 0.6 is 0 Å². The van der Waals surface area contributed by atoms with Crippen LogP contribution in [0.2, 0.25) is 0 Å². The van der Waals surface area contributed by atoms with E-state index in [1.54, 1.807) is 12.1 Å². The fourth-order valence-corrected chi connectivity index (χ4v) is 1.58. The van der Waals surface area contributed by atoms with Crippen molar-refractivity contribution < 1.29 is 19.1 Å². The van der Waals surface area contributed by atoms with E-state index in [1.165, 1.54) is 6.92 Å². The summed E-state index contributed by atoms with van der Waals surface area (Å²) in [6.07, 6.45) is 0. The van der Waals surface area contributed by atoms with Gasteiger partial charge >= 0.3 is 5.97 Å². The Kier molecular flexibility index (Phi) is 5.57. The predicted molar refractivity (Wildman–Crippen MR) is 69.9 cm³/mol. The summed E-state index contributed by atoms with van der Waals surface area (Å²) in [5.74, 6) is -0.768. The maximum atomic E-state index is 11.7. The van der Waals surface area contributed by atoms with Gasteiger partial charge in [-0.3, -0.25) is 14.5 Å². The molecular weight excluding hydrogens is 248 g/mol. The zero-order chi connectivity index (χ0) is 14.4. The molecule has 0 aliphatic heterocycles. The number of furan rings is 1. The Balaban J connectivity index is 2.63. The fraction of sp³-hybridized carbons (Fsp3) is 0.538. The number of hydrogen-bond acceptors (Lipinski definition) is 4. The number of carbonyl (C=O) groups is 2. The highest BCUT2D eigenvalue weighted by molar-refractivity contribution is 5.94. The first kappa shape index (κ1) is 15.2. The van der Waals surface area contributed by atoms with Crippen molar-refractivity contribution in [3.63, 3.8) is 0 Å². The van der Waals surface area contributed by atoms with E-state index in [0.717, 1.165) is 13.1 Å². The topological polar surface area (TPSA) is 82.8 Å². The normalized spacial score (nSPS) is 12.4. The molecule has 1 aromatic rings. The molecule has 1 amide bonds. The second-order valence-electron chi connectivity index (χ2n) is 4.26. The van der Waals surface area contributed by atoms with Gasteiger partial charge in [0, 0.05) is 0 Å². The minimum Gasteiger partial charge on any atom is -0.480 e. The zero-order valence-electron chi connectivity index (χ0n) is 11.5. The standard InChI is InChI=1S/C13H20N2O4/c1-4-15(5-2)8-10-6-7-11(19-10)12(16)14-9(3)13(17)18/h6-7,9H,4-5,8H2,1-3H3,(H,14,16)(H,17,18)/t9-/m0/s1. The average Bonchev–Trinajstić information content (AvgIpc) is 2.84. The molecular formula is C13H20N2O4. The van der Waals surface area contributed by atoms with Crippen molar-refractivity contribution in [3.05, 3.63) is 23.7 Å². The fourth-order valence-electron chi connectivity index (χ4n) is 1.58. The highest BCUT2D eigenvalue weighted by atomic mass is 16.4. The number of carboxylic acid groups (broad SMARTS) is 1. The van der Waals surface area contributed by atoms with Gasteiger partial charge in [-0.25, -0.2) is 0 Å². The number of carbonyl (C=O) groups excluding carboxylic acids is 1. The highest BCUT2D eigenvalue weighted by Crippen LogP contribution is 2.10. The lowest BCUT2D eigenvalue weighted by atomic mass is 10.3. The number of amides is 1. The van der Waals surface area contributed by atoms with Gasteiger partial charge in [0.1, 0.15) is 11.8 Å². The van der Waals surface area contributed by atoms with Gasteiger partial charge in [-0.15, -0.1) is 0 Å². The van der Waals surface area contributed by atoms with E-state index in [4.69, 9.17) is 9.52 Å². The van der Waals surface area contributed by atoms with E-state index in [0.29, 0.717) is 12.3 Å². The molecule has 0 bridgehead atoms. The van der Waals surface area contributed by atoms with Crippen molar-refractivity contribution in [1.29, 1.82) is 0 Å². The van der Waals surface area contributed by atoms with Crippen LogP contribution in [-0.4, -0.2) is 41.0 Å². The molecule has 0 aliphatic carbocycles. The Labute approximate surface area is 112 Å². The minimum atomic E-state index is -1.08. The van der Waals surface area contributed by atoms with Crippen LogP contribution in [0.15, 0.2) is 16.5 Å². The second kappa shape index (κ2) is 6.94. The van der Waals surface area contributed by atoms with E-state index >= 15 is 0 Å². The number of nitrogens with zero attached hydrogens (tertiary/aromatic N) is 1. The van der Waals surface area contributed by atoms with Gasteiger partial charge in [-0.1, -0.05) is 13.8 Å². The maximum Gasteiger partial charge on any atom is 0.325 e. The Morgan fingerprint density at radius 1 is 1.37 bits per heavy atom. The number of hydrogen-bond donors (Lipinski definition) is 2. The predicted octanol–water partition coefficient (Wildman–Crippen LogP) is 1.32. The van der Waals surface area contributed by atoms with E-state index < -0.39 is 17.9 Å². The van der Waals surface area contributed by atoms with Gasteiger partial charge in [-0.2, -0.15) is 0 Å². The molecule has 106 valence electrons. The van der Waals surface area contributed by atoms with Crippen LogP contribution in [0, 0.1) is 0 Å². The summed E-state index contributed by atoms with van der Waals surface area (Å²) in [5, 5.41) is 11.1. The quantitative estimate of drug-likeness (QED) is 0.779. The van der Waals surface area contributed by atoms with Gasteiger partial charge in [0.05, 0.1) is 6.54 Å². The number of aliphatic carboxylic acids is 1. The molecule has 6 nitrogen and oxygen atoms in total. The molecule has 0 aliphatic rings. The van der Waals surface area contributed by atoms with Crippen molar-refractivity contribution in [2.45, 2.75) is 33.4 Å². The zero-order valence-corrected chi connectivity index (χ0v) is 11.5. The summed E-state index contributed by atoms with van der Waals surface area (Å²) in [6.45, 7) is 7.93. The van der Waals surface area contributed by atoms with Crippen LogP contribution in [-0.2, 0) is 11.3 Å². The Morgan fingerprint density at radius 2 is 2.00 bits per heavy atom. The first-order valence-electron chi connectivity index (χ1n) is 6.32. The van der Waals surface area contributed by atoms with Crippen LogP contribution in [0.5, 0.6) is 0 Å². The lowest BCUT2D eigenvalue weighted by Crippen LogP contribution is -2.38. The van der Waals surface area contributed by atoms with Crippen molar-refractivity contribution in [1.82, 2.24) is 10.2 Å². The summed E-state index contributed by atoms with van der Waals surface area (Å²) in [7, 11) is 0. The van der Waals surface area contributed by atoms with Crippen LogP contribution in [0.1, 0.15) is 37.1 Å². The molecule has 1 aromatic heterocycles. The van der Waals surface area contributed by atoms with Crippen LogP contribution in [0.25, 0.3) is 0 Å². The molecule has 6 heteroatoms. The molecule has 0 aromatic carbocycles. The third kappa shape index (κ3) is 4.40. The molecule has 1 heterocycles. The highest BCUT2D eigenvalue weighted by Gasteiger charge is 2.18. The summed E-state index contributed by atoms with van der Waals surface area (Å²) in [4.78, 5) is 24.5. The number of nitrogens with one attached hydrogen (secondary N) is 1. The van der Waals surface area contributed by atoms with Crippen molar-refractivity contribution >= 4 is 11.9 Å². The molecule has 0 fully saturated rings. The summed E-state index contributed by atoms with van der Waals surface area (Å²) in [5.41, 5.74) is 0.